The highest BCUT2D eigenvalue weighted by Gasteiger charge is 2.05. The number of hydrogen-bond acceptors (Lipinski definition) is 2. The lowest BCUT2D eigenvalue weighted by atomic mass is 10.1. The van der Waals surface area contributed by atoms with Gasteiger partial charge in [-0.05, 0) is 36.2 Å². The van der Waals surface area contributed by atoms with Gasteiger partial charge in [-0.3, -0.25) is 4.40 Å². The maximum atomic E-state index is 12.8. The Kier molecular flexibility index (Phi) is 3.29. The van der Waals surface area contributed by atoms with E-state index in [0.29, 0.717) is 0 Å². The van der Waals surface area contributed by atoms with Crippen LogP contribution in [0.1, 0.15) is 11.4 Å². The molecule has 2 aromatic heterocycles. The van der Waals surface area contributed by atoms with Crippen LogP contribution >= 0.6 is 15.9 Å². The molecule has 3 nitrogen and oxygen atoms in total. The highest BCUT2D eigenvalue weighted by Crippen LogP contribution is 2.14. The first-order valence-electron chi connectivity index (χ1n) is 5.96. The summed E-state index contributed by atoms with van der Waals surface area (Å²) < 4.78 is 15.8. The predicted molar refractivity (Wildman–Crippen MR) is 74.5 cm³/mol. The van der Waals surface area contributed by atoms with Crippen LogP contribution in [0.5, 0.6) is 0 Å². The largest absolute Gasteiger partial charge is 0.286 e. The summed E-state index contributed by atoms with van der Waals surface area (Å²) in [5.41, 5.74) is 1.92. The average Bonchev–Trinajstić information content (AvgIpc) is 2.80. The third-order valence-corrected chi connectivity index (χ3v) is 3.49. The third kappa shape index (κ3) is 2.66. The standard InChI is InChI=1S/C14H11BrFN3/c15-11-7-8-19-13(17-18-14(19)9-11)6-3-10-1-4-12(16)5-2-10/h1-2,4-5,7-9H,3,6H2. The second kappa shape index (κ2) is 5.09. The molecule has 0 N–H and O–H groups in total. The van der Waals surface area contributed by atoms with Gasteiger partial charge in [-0.15, -0.1) is 10.2 Å². The summed E-state index contributed by atoms with van der Waals surface area (Å²) >= 11 is 3.41. The Morgan fingerprint density at radius 2 is 1.84 bits per heavy atom. The maximum absolute atomic E-state index is 12.8. The van der Waals surface area contributed by atoms with Crippen LogP contribution in [-0.4, -0.2) is 14.6 Å². The van der Waals surface area contributed by atoms with Gasteiger partial charge in [0, 0.05) is 17.1 Å². The number of aryl methyl sites for hydroxylation is 2. The molecule has 0 saturated carbocycles. The first kappa shape index (κ1) is 12.3. The minimum absolute atomic E-state index is 0.207. The zero-order valence-corrected chi connectivity index (χ0v) is 11.6. The molecule has 0 aliphatic rings. The molecule has 0 unspecified atom stereocenters. The van der Waals surface area contributed by atoms with Crippen LogP contribution in [0.2, 0.25) is 0 Å². The lowest BCUT2D eigenvalue weighted by Gasteiger charge is -2.01. The van der Waals surface area contributed by atoms with Crippen molar-refractivity contribution < 1.29 is 4.39 Å². The molecule has 3 aromatic rings. The molecule has 3 rings (SSSR count). The van der Waals surface area contributed by atoms with Crippen molar-refractivity contribution >= 4 is 21.6 Å². The van der Waals surface area contributed by atoms with Crippen molar-refractivity contribution in [1.82, 2.24) is 14.6 Å². The summed E-state index contributed by atoms with van der Waals surface area (Å²) in [6.45, 7) is 0. The maximum Gasteiger partial charge on any atom is 0.161 e. The predicted octanol–water partition coefficient (Wildman–Crippen LogP) is 3.42. The van der Waals surface area contributed by atoms with Gasteiger partial charge in [-0.1, -0.05) is 28.1 Å². The molecule has 2 heterocycles. The summed E-state index contributed by atoms with van der Waals surface area (Å²) in [5, 5.41) is 8.32. The topological polar surface area (TPSA) is 30.2 Å². The van der Waals surface area contributed by atoms with E-state index in [-0.39, 0.29) is 5.82 Å². The molecule has 0 aliphatic carbocycles. The van der Waals surface area contributed by atoms with Gasteiger partial charge in [-0.25, -0.2) is 4.39 Å². The molecular weight excluding hydrogens is 309 g/mol. The van der Waals surface area contributed by atoms with E-state index in [0.717, 1.165) is 34.3 Å². The number of benzene rings is 1. The van der Waals surface area contributed by atoms with Crippen molar-refractivity contribution in [2.45, 2.75) is 12.8 Å². The lowest BCUT2D eigenvalue weighted by molar-refractivity contribution is 0.627. The molecule has 0 aliphatic heterocycles. The van der Waals surface area contributed by atoms with Crippen molar-refractivity contribution in [1.29, 1.82) is 0 Å². The summed E-state index contributed by atoms with van der Waals surface area (Å²) in [5.74, 6) is 0.702. The highest BCUT2D eigenvalue weighted by molar-refractivity contribution is 9.10. The van der Waals surface area contributed by atoms with Gasteiger partial charge in [-0.2, -0.15) is 0 Å². The van der Waals surface area contributed by atoms with Gasteiger partial charge >= 0.3 is 0 Å². The molecule has 0 amide bonds. The van der Waals surface area contributed by atoms with Gasteiger partial charge in [0.25, 0.3) is 0 Å². The molecule has 19 heavy (non-hydrogen) atoms. The summed E-state index contributed by atoms with van der Waals surface area (Å²) in [6.07, 6.45) is 3.53. The van der Waals surface area contributed by atoms with Crippen molar-refractivity contribution in [3.05, 3.63) is 64.3 Å². The molecule has 5 heteroatoms. The zero-order chi connectivity index (χ0) is 13.2. The van der Waals surface area contributed by atoms with Crippen LogP contribution in [0, 0.1) is 5.82 Å². The van der Waals surface area contributed by atoms with E-state index in [4.69, 9.17) is 0 Å². The van der Waals surface area contributed by atoms with Crippen LogP contribution in [0.15, 0.2) is 47.1 Å². The Bertz CT molecular complexity index is 706. The third-order valence-electron chi connectivity index (χ3n) is 2.99. The van der Waals surface area contributed by atoms with Crippen molar-refractivity contribution in [2.24, 2.45) is 0 Å². The van der Waals surface area contributed by atoms with E-state index in [1.807, 2.05) is 22.7 Å². The van der Waals surface area contributed by atoms with E-state index >= 15 is 0 Å². The monoisotopic (exact) mass is 319 g/mol. The normalized spacial score (nSPS) is 11.1. The second-order valence-electron chi connectivity index (χ2n) is 4.32. The Balaban J connectivity index is 1.80. The van der Waals surface area contributed by atoms with E-state index in [2.05, 4.69) is 26.1 Å². The fourth-order valence-corrected chi connectivity index (χ4v) is 2.32. The van der Waals surface area contributed by atoms with Crippen LogP contribution in [-0.2, 0) is 12.8 Å². The minimum atomic E-state index is -0.207. The Hall–Kier alpha value is -1.75. The SMILES string of the molecule is Fc1ccc(CCc2nnc3cc(Br)ccn23)cc1. The number of halogens is 2. The smallest absolute Gasteiger partial charge is 0.161 e. The Labute approximate surface area is 118 Å². The number of pyridine rings is 1. The van der Waals surface area contributed by atoms with Crippen molar-refractivity contribution in [3.8, 4) is 0 Å². The molecule has 1 aromatic carbocycles. The average molecular weight is 320 g/mol. The van der Waals surface area contributed by atoms with Crippen LogP contribution < -0.4 is 0 Å². The van der Waals surface area contributed by atoms with Gasteiger partial charge in [0.1, 0.15) is 11.6 Å². The van der Waals surface area contributed by atoms with E-state index in [9.17, 15) is 4.39 Å². The Morgan fingerprint density at radius 1 is 1.05 bits per heavy atom. The number of rotatable bonds is 3. The van der Waals surface area contributed by atoms with Crippen molar-refractivity contribution in [2.75, 3.05) is 0 Å². The van der Waals surface area contributed by atoms with Crippen molar-refractivity contribution in [3.63, 3.8) is 0 Å². The molecule has 96 valence electrons. The van der Waals surface area contributed by atoms with Gasteiger partial charge in [0.15, 0.2) is 5.65 Å². The van der Waals surface area contributed by atoms with Crippen LogP contribution in [0.25, 0.3) is 5.65 Å². The quantitative estimate of drug-likeness (QED) is 0.740. The summed E-state index contributed by atoms with van der Waals surface area (Å²) in [6, 6.07) is 10.4. The van der Waals surface area contributed by atoms with Gasteiger partial charge < -0.3 is 0 Å². The minimum Gasteiger partial charge on any atom is -0.286 e. The van der Waals surface area contributed by atoms with E-state index < -0.39 is 0 Å². The summed E-state index contributed by atoms with van der Waals surface area (Å²) in [7, 11) is 0. The van der Waals surface area contributed by atoms with Gasteiger partial charge in [0.05, 0.1) is 0 Å². The van der Waals surface area contributed by atoms with Crippen LogP contribution in [0.4, 0.5) is 4.39 Å². The zero-order valence-electron chi connectivity index (χ0n) is 10.1. The van der Waals surface area contributed by atoms with Gasteiger partial charge in [0.2, 0.25) is 0 Å². The molecule has 0 atom stereocenters. The lowest BCUT2D eigenvalue weighted by Crippen LogP contribution is -1.98. The van der Waals surface area contributed by atoms with E-state index in [1.54, 1.807) is 12.1 Å². The molecule has 0 radical (unpaired) electrons. The fraction of sp³-hybridized carbons (Fsp3) is 0.143. The summed E-state index contributed by atoms with van der Waals surface area (Å²) in [4.78, 5) is 0. The number of fused-ring (bicyclic) bond motifs is 1. The molecule has 0 spiro atoms. The number of nitrogens with zero attached hydrogens (tertiary/aromatic N) is 3. The van der Waals surface area contributed by atoms with E-state index in [1.165, 1.54) is 12.1 Å². The Morgan fingerprint density at radius 3 is 2.63 bits per heavy atom. The highest BCUT2D eigenvalue weighted by atomic mass is 79.9. The second-order valence-corrected chi connectivity index (χ2v) is 5.23. The fourth-order valence-electron chi connectivity index (χ4n) is 1.99. The number of hydrogen-bond donors (Lipinski definition) is 0. The molecule has 0 fully saturated rings. The first-order valence-corrected chi connectivity index (χ1v) is 6.75. The van der Waals surface area contributed by atoms with Crippen LogP contribution in [0.3, 0.4) is 0 Å². The molecular formula is C14H11BrFN3. The molecule has 0 saturated heterocycles. The first-order chi connectivity index (χ1) is 9.22. The molecule has 0 bridgehead atoms. The number of aromatic nitrogens is 3.